The van der Waals surface area contributed by atoms with Crippen molar-refractivity contribution in [2.75, 3.05) is 19.4 Å². The van der Waals surface area contributed by atoms with E-state index in [2.05, 4.69) is 25.7 Å². The molecule has 2 N–H and O–H groups in total. The zero-order valence-electron chi connectivity index (χ0n) is 20.5. The van der Waals surface area contributed by atoms with Crippen LogP contribution in [-0.2, 0) is 0 Å². The summed E-state index contributed by atoms with van der Waals surface area (Å²) in [5, 5.41) is 9.88. The molecular weight excluding hydrogens is 442 g/mol. The Bertz CT molecular complexity index is 1310. The van der Waals surface area contributed by atoms with E-state index in [4.69, 9.17) is 4.98 Å². The summed E-state index contributed by atoms with van der Waals surface area (Å²) in [6.45, 7) is 5.99. The van der Waals surface area contributed by atoms with Crippen LogP contribution < -0.4 is 10.6 Å². The van der Waals surface area contributed by atoms with E-state index in [1.807, 2.05) is 40.9 Å². The third kappa shape index (κ3) is 6.42. The van der Waals surface area contributed by atoms with E-state index >= 15 is 0 Å². The normalized spacial score (nSPS) is 10.5. The topological polar surface area (TPSA) is 115 Å². The second-order valence-electron chi connectivity index (χ2n) is 8.16. The molecule has 3 heterocycles. The van der Waals surface area contributed by atoms with Gasteiger partial charge in [-0.25, -0.2) is 4.98 Å². The molecule has 0 spiro atoms. The van der Waals surface area contributed by atoms with Crippen LogP contribution >= 0.6 is 0 Å². The van der Waals surface area contributed by atoms with Gasteiger partial charge in [0.05, 0.1) is 35.7 Å². The van der Waals surface area contributed by atoms with Gasteiger partial charge in [-0.3, -0.25) is 24.2 Å². The minimum atomic E-state index is -0.233. The highest BCUT2D eigenvalue weighted by molar-refractivity contribution is 6.05. The third-order valence-electron chi connectivity index (χ3n) is 5.00. The maximum Gasteiger partial charge on any atom is 0.255 e. The molecule has 1 aromatic carbocycles. The number of benzene rings is 1. The van der Waals surface area contributed by atoms with E-state index in [1.54, 1.807) is 59.9 Å². The van der Waals surface area contributed by atoms with Crippen molar-refractivity contribution in [3.63, 3.8) is 0 Å². The van der Waals surface area contributed by atoms with Gasteiger partial charge in [-0.1, -0.05) is 6.07 Å². The molecule has 0 radical (unpaired) electrons. The molecule has 3 aromatic heterocycles. The van der Waals surface area contributed by atoms with Gasteiger partial charge in [0.25, 0.3) is 5.91 Å². The van der Waals surface area contributed by atoms with E-state index in [9.17, 15) is 9.59 Å². The Balaban J connectivity index is 0.00000108. The number of carbonyl (C=O) groups is 2. The summed E-state index contributed by atoms with van der Waals surface area (Å²) in [4.78, 5) is 36.9. The lowest BCUT2D eigenvalue weighted by atomic mass is 10.0. The molecule has 0 fully saturated rings. The molecule has 180 valence electrons. The number of nitrogens with zero attached hydrogens (tertiary/aromatic N) is 5. The molecule has 0 aliphatic rings. The number of carbonyl (C=O) groups excluding carboxylic acids is 2. The molecule has 0 atom stereocenters. The van der Waals surface area contributed by atoms with Crippen molar-refractivity contribution in [1.82, 2.24) is 30.0 Å². The van der Waals surface area contributed by atoms with Crippen LogP contribution in [0, 0.1) is 6.92 Å². The highest BCUT2D eigenvalue weighted by Gasteiger charge is 2.13. The van der Waals surface area contributed by atoms with Crippen LogP contribution in [0.2, 0.25) is 0 Å². The van der Waals surface area contributed by atoms with Crippen LogP contribution in [0.15, 0.2) is 61.3 Å². The van der Waals surface area contributed by atoms with Crippen LogP contribution in [0.1, 0.15) is 46.3 Å². The molecule has 4 rings (SSSR count). The standard InChI is InChI=1S/C24H22N6O2.C2H7N/c1-15(2)30-13-20(10-27-30)28-24(32)18-5-4-16(3)21(9-18)23-12-25-11-22(29-23)17-6-7-26-19(8-17)14-31;1-3-2/h4-15H,1-3H3,(H,28,32);3H,1-2H3. The molecule has 35 heavy (non-hydrogen) atoms. The number of hydrogen-bond donors (Lipinski definition) is 2. The van der Waals surface area contributed by atoms with E-state index in [1.165, 1.54) is 0 Å². The minimum Gasteiger partial charge on any atom is -0.323 e. The van der Waals surface area contributed by atoms with Crippen LogP contribution in [0.25, 0.3) is 22.5 Å². The summed E-state index contributed by atoms with van der Waals surface area (Å²) in [5.74, 6) is -0.233. The molecule has 0 saturated carbocycles. The van der Waals surface area contributed by atoms with Crippen LogP contribution in [0.4, 0.5) is 5.69 Å². The second-order valence-corrected chi connectivity index (χ2v) is 8.16. The fourth-order valence-electron chi connectivity index (χ4n) is 3.23. The van der Waals surface area contributed by atoms with Crippen molar-refractivity contribution in [2.45, 2.75) is 26.8 Å². The first-order valence-electron chi connectivity index (χ1n) is 11.1. The van der Waals surface area contributed by atoms with Crippen LogP contribution in [0.3, 0.4) is 0 Å². The van der Waals surface area contributed by atoms with Gasteiger partial charge in [0.1, 0.15) is 5.69 Å². The smallest absolute Gasteiger partial charge is 0.255 e. The highest BCUT2D eigenvalue weighted by atomic mass is 16.1. The summed E-state index contributed by atoms with van der Waals surface area (Å²) in [6.07, 6.45) is 8.97. The maximum atomic E-state index is 12.8. The summed E-state index contributed by atoms with van der Waals surface area (Å²) in [6, 6.07) is 9.10. The minimum absolute atomic E-state index is 0.209. The summed E-state index contributed by atoms with van der Waals surface area (Å²) in [5.41, 5.74) is 5.21. The first-order chi connectivity index (χ1) is 16.9. The zero-order valence-corrected chi connectivity index (χ0v) is 20.5. The Morgan fingerprint density at radius 1 is 1.06 bits per heavy atom. The van der Waals surface area contributed by atoms with Crippen molar-refractivity contribution < 1.29 is 9.59 Å². The first-order valence-corrected chi connectivity index (χ1v) is 11.1. The highest BCUT2D eigenvalue weighted by Crippen LogP contribution is 2.26. The van der Waals surface area contributed by atoms with Crippen LogP contribution in [-0.4, -0.2) is 51.0 Å². The van der Waals surface area contributed by atoms with Crippen molar-refractivity contribution in [1.29, 1.82) is 0 Å². The van der Waals surface area contributed by atoms with Crippen molar-refractivity contribution in [3.05, 3.63) is 78.1 Å². The van der Waals surface area contributed by atoms with Gasteiger partial charge in [-0.05, 0) is 64.7 Å². The number of amides is 1. The van der Waals surface area contributed by atoms with E-state index in [0.29, 0.717) is 34.6 Å². The molecule has 0 aliphatic carbocycles. The average Bonchev–Trinajstić information content (AvgIpc) is 3.34. The number of pyridine rings is 1. The van der Waals surface area contributed by atoms with E-state index in [-0.39, 0.29) is 11.9 Å². The SMILES string of the molecule is CNC.Cc1ccc(C(=O)Nc2cnn(C(C)C)c2)cc1-c1cncc(-c2ccnc(C=O)c2)n1. The second kappa shape index (κ2) is 11.8. The molecule has 9 heteroatoms. The van der Waals surface area contributed by atoms with Gasteiger partial charge in [-0.2, -0.15) is 5.10 Å². The number of aryl methyl sites for hydroxylation is 1. The fourth-order valence-corrected chi connectivity index (χ4v) is 3.23. The Labute approximate surface area is 204 Å². The van der Waals surface area contributed by atoms with Gasteiger partial charge in [0.15, 0.2) is 6.29 Å². The molecule has 0 unspecified atom stereocenters. The predicted octanol–water partition coefficient (Wildman–Crippen LogP) is 4.19. The first kappa shape index (κ1) is 25.4. The van der Waals surface area contributed by atoms with Crippen LogP contribution in [0.5, 0.6) is 0 Å². The molecule has 4 aromatic rings. The van der Waals surface area contributed by atoms with Gasteiger partial charge >= 0.3 is 0 Å². The van der Waals surface area contributed by atoms with Gasteiger partial charge in [0.2, 0.25) is 0 Å². The Hall–Kier alpha value is -4.24. The Morgan fingerprint density at radius 3 is 2.49 bits per heavy atom. The van der Waals surface area contributed by atoms with E-state index in [0.717, 1.165) is 16.7 Å². The number of hydrogen-bond acceptors (Lipinski definition) is 7. The van der Waals surface area contributed by atoms with Crippen molar-refractivity contribution in [2.24, 2.45) is 0 Å². The monoisotopic (exact) mass is 471 g/mol. The quantitative estimate of drug-likeness (QED) is 0.405. The molecule has 0 saturated heterocycles. The summed E-state index contributed by atoms with van der Waals surface area (Å²) < 4.78 is 1.78. The number of anilines is 1. The summed E-state index contributed by atoms with van der Waals surface area (Å²) in [7, 11) is 3.75. The lowest BCUT2D eigenvalue weighted by molar-refractivity contribution is 0.102. The van der Waals surface area contributed by atoms with Gasteiger partial charge < -0.3 is 10.6 Å². The van der Waals surface area contributed by atoms with E-state index < -0.39 is 0 Å². The predicted molar refractivity (Wildman–Crippen MR) is 136 cm³/mol. The van der Waals surface area contributed by atoms with Gasteiger partial charge in [0, 0.05) is 35.1 Å². The van der Waals surface area contributed by atoms with Gasteiger partial charge in [-0.15, -0.1) is 0 Å². The third-order valence-corrected chi connectivity index (χ3v) is 5.00. The van der Waals surface area contributed by atoms with Crippen molar-refractivity contribution in [3.8, 4) is 22.5 Å². The Morgan fingerprint density at radius 2 is 1.80 bits per heavy atom. The largest absolute Gasteiger partial charge is 0.323 e. The molecular formula is C26H29N7O2. The lowest BCUT2D eigenvalue weighted by Crippen LogP contribution is -2.12. The molecule has 0 bridgehead atoms. The van der Waals surface area contributed by atoms with Crippen molar-refractivity contribution >= 4 is 17.9 Å². The number of aromatic nitrogens is 5. The number of nitrogens with one attached hydrogen (secondary N) is 2. The Kier molecular flexibility index (Phi) is 8.53. The summed E-state index contributed by atoms with van der Waals surface area (Å²) >= 11 is 0. The number of rotatable bonds is 6. The maximum absolute atomic E-state index is 12.8. The molecule has 1 amide bonds. The fraction of sp³-hybridized carbons (Fsp3) is 0.231. The molecule has 9 nitrogen and oxygen atoms in total. The zero-order chi connectivity index (χ0) is 25.4. The lowest BCUT2D eigenvalue weighted by Gasteiger charge is -2.10. The average molecular weight is 472 g/mol. The molecule has 0 aliphatic heterocycles. The number of aldehydes is 1.